The molecule has 0 amide bonds. The molecule has 1 aliphatic rings. The largest absolute Gasteiger partial charge is 0.377 e. The van der Waals surface area contributed by atoms with Gasteiger partial charge in [-0.3, -0.25) is 4.99 Å². The highest BCUT2D eigenvalue weighted by Gasteiger charge is 2.17. The lowest BCUT2D eigenvalue weighted by molar-refractivity contribution is 0.0200. The van der Waals surface area contributed by atoms with Gasteiger partial charge in [-0.15, -0.1) is 24.0 Å². The second-order valence-electron chi connectivity index (χ2n) is 6.95. The third kappa shape index (κ3) is 12.8. The van der Waals surface area contributed by atoms with Gasteiger partial charge in [0.05, 0.1) is 11.9 Å². The lowest BCUT2D eigenvalue weighted by atomic mass is 9.99. The fraction of sp³-hybridized carbons (Fsp3) is 0.944. The van der Waals surface area contributed by atoms with Gasteiger partial charge in [0.25, 0.3) is 0 Å². The second kappa shape index (κ2) is 15.8. The van der Waals surface area contributed by atoms with E-state index < -0.39 is 10.0 Å². The summed E-state index contributed by atoms with van der Waals surface area (Å²) >= 11 is 0. The molecule has 1 saturated heterocycles. The van der Waals surface area contributed by atoms with Crippen LogP contribution in [0.5, 0.6) is 0 Å². The average Bonchev–Trinajstić information content (AvgIpc) is 2.66. The first kappa shape index (κ1) is 26.9. The number of sulfonamides is 1. The van der Waals surface area contributed by atoms with Gasteiger partial charge in [-0.1, -0.05) is 33.1 Å². The van der Waals surface area contributed by atoms with Crippen molar-refractivity contribution in [3.63, 3.8) is 0 Å². The topological polar surface area (TPSA) is 91.8 Å². The first-order chi connectivity index (χ1) is 12.5. The van der Waals surface area contributed by atoms with Crippen LogP contribution < -0.4 is 15.4 Å². The van der Waals surface area contributed by atoms with Crippen LogP contribution >= 0.6 is 24.0 Å². The van der Waals surface area contributed by atoms with Gasteiger partial charge in [0.15, 0.2) is 5.96 Å². The van der Waals surface area contributed by atoms with Crippen molar-refractivity contribution >= 4 is 40.0 Å². The van der Waals surface area contributed by atoms with Crippen molar-refractivity contribution in [2.45, 2.75) is 64.9 Å². The lowest BCUT2D eigenvalue weighted by Gasteiger charge is -2.22. The lowest BCUT2D eigenvalue weighted by Crippen LogP contribution is -2.43. The number of ether oxygens (including phenoxy) is 1. The summed E-state index contributed by atoms with van der Waals surface area (Å²) in [5.74, 6) is 1.30. The van der Waals surface area contributed by atoms with E-state index in [1.807, 2.05) is 0 Å². The standard InChI is InChI=1S/C18H38N4O3S.HI/c1-4-6-9-16(5-2)14-21-18(19-3)20-11-13-26(23,24)22-15-17-10-7-8-12-25-17;/h16-17,22H,4-15H2,1-3H3,(H2,19,20,21);1H. The van der Waals surface area contributed by atoms with E-state index in [9.17, 15) is 8.42 Å². The molecule has 1 heterocycles. The van der Waals surface area contributed by atoms with Gasteiger partial charge in [-0.25, -0.2) is 13.1 Å². The Morgan fingerprint density at radius 1 is 1.26 bits per heavy atom. The van der Waals surface area contributed by atoms with Gasteiger partial charge < -0.3 is 15.4 Å². The van der Waals surface area contributed by atoms with Gasteiger partial charge in [0, 0.05) is 33.3 Å². The molecule has 27 heavy (non-hydrogen) atoms. The van der Waals surface area contributed by atoms with E-state index in [0.717, 1.165) is 38.8 Å². The number of hydrogen-bond acceptors (Lipinski definition) is 4. The molecule has 162 valence electrons. The highest BCUT2D eigenvalue weighted by Crippen LogP contribution is 2.12. The molecule has 1 aliphatic heterocycles. The predicted octanol–water partition coefficient (Wildman–Crippen LogP) is 2.47. The summed E-state index contributed by atoms with van der Waals surface area (Å²) in [4.78, 5) is 4.17. The molecule has 0 radical (unpaired) electrons. The Balaban J connectivity index is 0.00000676. The minimum atomic E-state index is -3.31. The van der Waals surface area contributed by atoms with Crippen molar-refractivity contribution in [2.24, 2.45) is 10.9 Å². The molecule has 2 atom stereocenters. The molecule has 0 aromatic carbocycles. The molecule has 0 aromatic heterocycles. The molecule has 2 unspecified atom stereocenters. The van der Waals surface area contributed by atoms with E-state index in [2.05, 4.69) is 34.2 Å². The first-order valence-corrected chi connectivity index (χ1v) is 11.7. The summed E-state index contributed by atoms with van der Waals surface area (Å²) < 4.78 is 32.4. The third-order valence-electron chi connectivity index (χ3n) is 4.79. The minimum absolute atomic E-state index is 0. The Morgan fingerprint density at radius 3 is 2.63 bits per heavy atom. The highest BCUT2D eigenvalue weighted by atomic mass is 127. The zero-order valence-electron chi connectivity index (χ0n) is 17.1. The fourth-order valence-electron chi connectivity index (χ4n) is 2.97. The molecule has 0 spiro atoms. The number of guanidine groups is 1. The molecule has 0 saturated carbocycles. The van der Waals surface area contributed by atoms with Gasteiger partial charge in [-0.05, 0) is 31.6 Å². The van der Waals surface area contributed by atoms with Crippen LogP contribution in [0.15, 0.2) is 4.99 Å². The Kier molecular flexibility index (Phi) is 15.7. The molecule has 3 N–H and O–H groups in total. The van der Waals surface area contributed by atoms with E-state index in [1.165, 1.54) is 19.3 Å². The van der Waals surface area contributed by atoms with Crippen molar-refractivity contribution in [2.75, 3.05) is 39.0 Å². The summed E-state index contributed by atoms with van der Waals surface area (Å²) in [6.07, 6.45) is 7.89. The zero-order chi connectivity index (χ0) is 19.3. The van der Waals surface area contributed by atoms with E-state index in [-0.39, 0.29) is 35.8 Å². The third-order valence-corrected chi connectivity index (χ3v) is 6.14. The van der Waals surface area contributed by atoms with Crippen molar-refractivity contribution in [3.8, 4) is 0 Å². The molecule has 7 nitrogen and oxygen atoms in total. The first-order valence-electron chi connectivity index (χ1n) is 10.0. The van der Waals surface area contributed by atoms with Gasteiger partial charge >= 0.3 is 0 Å². The van der Waals surface area contributed by atoms with Crippen LogP contribution in [-0.4, -0.2) is 59.5 Å². The summed E-state index contributed by atoms with van der Waals surface area (Å²) in [5.41, 5.74) is 0. The van der Waals surface area contributed by atoms with Crippen molar-refractivity contribution in [1.82, 2.24) is 15.4 Å². The smallest absolute Gasteiger partial charge is 0.213 e. The van der Waals surface area contributed by atoms with Crippen LogP contribution in [-0.2, 0) is 14.8 Å². The minimum Gasteiger partial charge on any atom is -0.377 e. The monoisotopic (exact) mass is 518 g/mol. The van der Waals surface area contributed by atoms with Crippen LogP contribution in [0.4, 0.5) is 0 Å². The number of hydrogen-bond donors (Lipinski definition) is 3. The Bertz CT molecular complexity index is 497. The normalized spacial score (nSPS) is 19.2. The number of halogens is 1. The summed E-state index contributed by atoms with van der Waals surface area (Å²) in [6.45, 7) is 6.69. The average molecular weight is 519 g/mol. The van der Waals surface area contributed by atoms with Crippen molar-refractivity contribution in [1.29, 1.82) is 0 Å². The highest BCUT2D eigenvalue weighted by molar-refractivity contribution is 14.0. The Hall–Kier alpha value is -0.130. The molecule has 9 heteroatoms. The zero-order valence-corrected chi connectivity index (χ0v) is 20.3. The van der Waals surface area contributed by atoms with Crippen LogP contribution in [0, 0.1) is 5.92 Å². The number of unbranched alkanes of at least 4 members (excludes halogenated alkanes) is 1. The van der Waals surface area contributed by atoms with Crippen molar-refractivity contribution in [3.05, 3.63) is 0 Å². The molecular weight excluding hydrogens is 479 g/mol. The van der Waals surface area contributed by atoms with Gasteiger partial charge in [0.1, 0.15) is 0 Å². The van der Waals surface area contributed by atoms with Crippen LogP contribution in [0.3, 0.4) is 0 Å². The summed E-state index contributed by atoms with van der Waals surface area (Å²) in [5, 5.41) is 6.39. The number of aliphatic imine (C=N–C) groups is 1. The summed E-state index contributed by atoms with van der Waals surface area (Å²) in [6, 6.07) is 0. The Labute approximate surface area is 183 Å². The molecule has 0 bridgehead atoms. The van der Waals surface area contributed by atoms with Crippen LogP contribution in [0.1, 0.15) is 58.8 Å². The van der Waals surface area contributed by atoms with Crippen LogP contribution in [0.2, 0.25) is 0 Å². The van der Waals surface area contributed by atoms with Crippen molar-refractivity contribution < 1.29 is 13.2 Å². The van der Waals surface area contributed by atoms with Crippen LogP contribution in [0.25, 0.3) is 0 Å². The van der Waals surface area contributed by atoms with E-state index in [1.54, 1.807) is 7.05 Å². The number of rotatable bonds is 12. The molecule has 0 aliphatic carbocycles. The fourth-order valence-corrected chi connectivity index (χ4v) is 3.92. The quantitative estimate of drug-likeness (QED) is 0.210. The maximum atomic E-state index is 12.1. The maximum absolute atomic E-state index is 12.1. The number of nitrogens with zero attached hydrogens (tertiary/aromatic N) is 1. The molecular formula is C18H39IN4O3S. The maximum Gasteiger partial charge on any atom is 0.213 e. The predicted molar refractivity (Wildman–Crippen MR) is 123 cm³/mol. The number of nitrogens with one attached hydrogen (secondary N) is 3. The molecule has 0 aromatic rings. The van der Waals surface area contributed by atoms with E-state index in [4.69, 9.17) is 4.74 Å². The van der Waals surface area contributed by atoms with Gasteiger partial charge in [0.2, 0.25) is 10.0 Å². The molecule has 1 fully saturated rings. The Morgan fingerprint density at radius 2 is 2.04 bits per heavy atom. The van der Waals surface area contributed by atoms with E-state index >= 15 is 0 Å². The molecule has 1 rings (SSSR count). The summed E-state index contributed by atoms with van der Waals surface area (Å²) in [7, 11) is -1.60. The van der Waals surface area contributed by atoms with Gasteiger partial charge in [-0.2, -0.15) is 0 Å². The van der Waals surface area contributed by atoms with E-state index in [0.29, 0.717) is 25.0 Å². The second-order valence-corrected chi connectivity index (χ2v) is 8.88. The SMILES string of the molecule is CCCCC(CC)CNC(=NC)NCCS(=O)(=O)NCC1CCCCO1.I.